The summed E-state index contributed by atoms with van der Waals surface area (Å²) in [7, 11) is 1.42. The van der Waals surface area contributed by atoms with Crippen LogP contribution < -0.4 is 9.64 Å². The van der Waals surface area contributed by atoms with E-state index in [2.05, 4.69) is 0 Å². The van der Waals surface area contributed by atoms with Gasteiger partial charge in [-0.15, -0.1) is 0 Å². The highest BCUT2D eigenvalue weighted by Crippen LogP contribution is 2.44. The van der Waals surface area contributed by atoms with Crippen LogP contribution in [0.5, 0.6) is 5.75 Å². The van der Waals surface area contributed by atoms with E-state index in [1.165, 1.54) is 55.6 Å². The van der Waals surface area contributed by atoms with Gasteiger partial charge in [0.25, 0.3) is 11.7 Å². The highest BCUT2D eigenvalue weighted by Gasteiger charge is 2.48. The number of hydrogen-bond donors (Lipinski definition) is 1. The molecule has 1 aliphatic heterocycles. The maximum atomic E-state index is 14.9. The van der Waals surface area contributed by atoms with E-state index < -0.39 is 29.3 Å². The summed E-state index contributed by atoms with van der Waals surface area (Å²) in [6, 6.07) is 13.1. The van der Waals surface area contributed by atoms with Gasteiger partial charge in [-0.2, -0.15) is 0 Å². The molecule has 0 bridgehead atoms. The number of methoxy groups -OCH3 is 1. The summed E-state index contributed by atoms with van der Waals surface area (Å²) in [6.45, 7) is 0. The molecule has 1 saturated heterocycles. The van der Waals surface area contributed by atoms with Gasteiger partial charge in [0.05, 0.1) is 23.7 Å². The fourth-order valence-corrected chi connectivity index (χ4v) is 4.45. The van der Waals surface area contributed by atoms with Crippen LogP contribution >= 0.6 is 34.8 Å². The number of Topliss-reactive ketones (excluding diaryl/α,β-unsaturated/α-hetero) is 1. The number of benzene rings is 3. The van der Waals surface area contributed by atoms with E-state index >= 15 is 0 Å². The Kier molecular flexibility index (Phi) is 6.34. The van der Waals surface area contributed by atoms with Gasteiger partial charge in [0, 0.05) is 26.9 Å². The van der Waals surface area contributed by atoms with Crippen molar-refractivity contribution in [2.45, 2.75) is 6.04 Å². The fraction of sp³-hybridized carbons (Fsp3) is 0.0833. The van der Waals surface area contributed by atoms with E-state index in [0.29, 0.717) is 5.75 Å². The van der Waals surface area contributed by atoms with Gasteiger partial charge in [-0.3, -0.25) is 14.5 Å². The Labute approximate surface area is 203 Å². The van der Waals surface area contributed by atoms with Crippen molar-refractivity contribution in [1.29, 1.82) is 0 Å². The zero-order valence-electron chi connectivity index (χ0n) is 17.0. The minimum atomic E-state index is -1.30. The number of ketones is 1. The number of carbonyl (C=O) groups is 2. The molecule has 3 aromatic carbocycles. The first-order valence-corrected chi connectivity index (χ1v) is 10.7. The topological polar surface area (TPSA) is 66.8 Å². The van der Waals surface area contributed by atoms with Gasteiger partial charge in [-0.1, -0.05) is 53.0 Å². The molecule has 0 radical (unpaired) electrons. The van der Waals surface area contributed by atoms with Crippen molar-refractivity contribution < 1.29 is 23.8 Å². The number of hydrogen-bond acceptors (Lipinski definition) is 4. The fourth-order valence-electron chi connectivity index (χ4n) is 3.73. The van der Waals surface area contributed by atoms with Crippen LogP contribution in [0.15, 0.2) is 66.2 Å². The quantitative estimate of drug-likeness (QED) is 0.252. The van der Waals surface area contributed by atoms with Crippen LogP contribution in [-0.4, -0.2) is 23.9 Å². The molecule has 1 heterocycles. The van der Waals surface area contributed by atoms with E-state index in [-0.39, 0.29) is 37.5 Å². The molecule has 0 aliphatic carbocycles. The molecule has 1 atom stereocenters. The minimum Gasteiger partial charge on any atom is -0.507 e. The lowest BCUT2D eigenvalue weighted by Crippen LogP contribution is -2.29. The number of halogens is 4. The van der Waals surface area contributed by atoms with Crippen LogP contribution in [0.1, 0.15) is 17.2 Å². The number of carbonyl (C=O) groups excluding carboxylic acids is 2. The summed E-state index contributed by atoms with van der Waals surface area (Å²) >= 11 is 18.5. The van der Waals surface area contributed by atoms with Crippen molar-refractivity contribution in [1.82, 2.24) is 0 Å². The van der Waals surface area contributed by atoms with Crippen LogP contribution in [0.2, 0.25) is 15.1 Å². The maximum absolute atomic E-state index is 14.9. The van der Waals surface area contributed by atoms with Crippen molar-refractivity contribution in [3.8, 4) is 5.75 Å². The minimum absolute atomic E-state index is 0.00614. The molecule has 0 saturated carbocycles. The average molecular weight is 507 g/mol. The second kappa shape index (κ2) is 9.06. The van der Waals surface area contributed by atoms with Gasteiger partial charge >= 0.3 is 0 Å². The van der Waals surface area contributed by atoms with E-state index in [0.717, 1.165) is 4.90 Å². The molecule has 3 aromatic rings. The number of rotatable bonds is 4. The van der Waals surface area contributed by atoms with Crippen LogP contribution in [0.3, 0.4) is 0 Å². The van der Waals surface area contributed by atoms with E-state index in [9.17, 15) is 19.1 Å². The van der Waals surface area contributed by atoms with E-state index in [4.69, 9.17) is 39.5 Å². The Bertz CT molecular complexity index is 1300. The lowest BCUT2D eigenvalue weighted by atomic mass is 9.94. The zero-order valence-corrected chi connectivity index (χ0v) is 19.2. The SMILES string of the molecule is COc1ccc(Cl)c(/C(O)=C2\C(=O)C(=O)N(c3cc(Cl)cc(Cl)c3)C2c2ccccc2F)c1. The molecule has 33 heavy (non-hydrogen) atoms. The molecule has 9 heteroatoms. The van der Waals surface area contributed by atoms with Gasteiger partial charge in [0.2, 0.25) is 0 Å². The summed E-state index contributed by atoms with van der Waals surface area (Å²) in [5.74, 6) is -2.89. The molecule has 0 aromatic heterocycles. The molecular weight excluding hydrogens is 492 g/mol. The van der Waals surface area contributed by atoms with Crippen molar-refractivity contribution in [3.05, 3.63) is 98.2 Å². The molecule has 0 spiro atoms. The third-order valence-corrected chi connectivity index (χ3v) is 5.96. The van der Waals surface area contributed by atoms with Gasteiger partial charge in [-0.25, -0.2) is 4.39 Å². The maximum Gasteiger partial charge on any atom is 0.300 e. The Morgan fingerprint density at radius 1 is 1.00 bits per heavy atom. The van der Waals surface area contributed by atoms with Crippen LogP contribution in [-0.2, 0) is 9.59 Å². The molecule has 1 amide bonds. The molecule has 1 fully saturated rings. The van der Waals surface area contributed by atoms with Crippen molar-refractivity contribution >= 4 is 57.9 Å². The highest BCUT2D eigenvalue weighted by molar-refractivity contribution is 6.52. The van der Waals surface area contributed by atoms with E-state index in [1.807, 2.05) is 0 Å². The number of aliphatic hydroxyl groups excluding tert-OH is 1. The second-order valence-electron chi connectivity index (χ2n) is 7.16. The highest BCUT2D eigenvalue weighted by atomic mass is 35.5. The summed E-state index contributed by atoms with van der Waals surface area (Å²) in [6.07, 6.45) is 0. The number of amides is 1. The summed E-state index contributed by atoms with van der Waals surface area (Å²) in [5.41, 5.74) is -0.122. The van der Waals surface area contributed by atoms with Crippen molar-refractivity contribution in [2.24, 2.45) is 0 Å². The standard InChI is InChI=1S/C24H15Cl3FNO4/c1-33-15-6-7-18(27)17(11-15)22(30)20-21(16-4-2-3-5-19(16)28)29(24(32)23(20)31)14-9-12(25)8-13(26)10-14/h2-11,21,30H,1H3/b22-20+. The van der Waals surface area contributed by atoms with Crippen LogP contribution in [0, 0.1) is 5.82 Å². The monoisotopic (exact) mass is 505 g/mol. The molecule has 4 rings (SSSR count). The molecule has 1 aliphatic rings. The molecule has 5 nitrogen and oxygen atoms in total. The number of aliphatic hydroxyl groups is 1. The third kappa shape index (κ3) is 4.17. The predicted molar refractivity (Wildman–Crippen MR) is 126 cm³/mol. The molecular formula is C24H15Cl3FNO4. The van der Waals surface area contributed by atoms with Crippen LogP contribution in [0.4, 0.5) is 10.1 Å². The smallest absolute Gasteiger partial charge is 0.300 e. The molecule has 168 valence electrons. The Morgan fingerprint density at radius 2 is 1.67 bits per heavy atom. The van der Waals surface area contributed by atoms with Gasteiger partial charge in [0.15, 0.2) is 0 Å². The van der Waals surface area contributed by atoms with Crippen molar-refractivity contribution in [2.75, 3.05) is 12.0 Å². The first-order valence-electron chi connectivity index (χ1n) is 9.58. The van der Waals surface area contributed by atoms with Gasteiger partial charge in [0.1, 0.15) is 17.3 Å². The molecule has 1 N–H and O–H groups in total. The third-order valence-electron chi connectivity index (χ3n) is 5.20. The average Bonchev–Trinajstić information content (AvgIpc) is 3.04. The van der Waals surface area contributed by atoms with Gasteiger partial charge in [-0.05, 0) is 42.5 Å². The number of anilines is 1. The Hall–Kier alpha value is -3.06. The van der Waals surface area contributed by atoms with Gasteiger partial charge < -0.3 is 9.84 Å². The Balaban J connectivity index is 2.02. The summed E-state index contributed by atoms with van der Waals surface area (Å²) in [5, 5.41) is 11.7. The number of nitrogens with zero attached hydrogens (tertiary/aromatic N) is 1. The number of ether oxygens (including phenoxy) is 1. The first-order chi connectivity index (χ1) is 15.7. The van der Waals surface area contributed by atoms with E-state index in [1.54, 1.807) is 12.1 Å². The normalized spacial score (nSPS) is 17.5. The largest absolute Gasteiger partial charge is 0.507 e. The first kappa shape index (κ1) is 23.1. The zero-order chi connectivity index (χ0) is 23.9. The second-order valence-corrected chi connectivity index (χ2v) is 8.44. The predicted octanol–water partition coefficient (Wildman–Crippen LogP) is 6.42. The summed E-state index contributed by atoms with van der Waals surface area (Å²) < 4.78 is 20.1. The summed E-state index contributed by atoms with van der Waals surface area (Å²) in [4.78, 5) is 27.4. The molecule has 1 unspecified atom stereocenters. The Morgan fingerprint density at radius 3 is 2.30 bits per heavy atom. The van der Waals surface area contributed by atoms with Crippen LogP contribution in [0.25, 0.3) is 5.76 Å². The van der Waals surface area contributed by atoms with Crippen molar-refractivity contribution in [3.63, 3.8) is 0 Å². The lowest BCUT2D eigenvalue weighted by molar-refractivity contribution is -0.132. The lowest BCUT2D eigenvalue weighted by Gasteiger charge is -2.26.